The van der Waals surface area contributed by atoms with E-state index in [1.165, 1.54) is 6.26 Å². The number of fused-ring (bicyclic) bond motifs is 1. The molecule has 0 bridgehead atoms. The summed E-state index contributed by atoms with van der Waals surface area (Å²) in [5.41, 5.74) is 1.27. The van der Waals surface area contributed by atoms with Gasteiger partial charge in [0.1, 0.15) is 58.9 Å². The van der Waals surface area contributed by atoms with Gasteiger partial charge >= 0.3 is 0 Å². The van der Waals surface area contributed by atoms with E-state index in [1.54, 1.807) is 24.3 Å². The van der Waals surface area contributed by atoms with E-state index in [0.29, 0.717) is 29.8 Å². The van der Waals surface area contributed by atoms with E-state index < -0.39 is 42.7 Å². The zero-order valence-corrected chi connectivity index (χ0v) is 25.2. The Morgan fingerprint density at radius 1 is 0.778 bits per heavy atom. The molecular formula is C33H42N2O10. The summed E-state index contributed by atoms with van der Waals surface area (Å²) in [4.78, 5) is 18.5. The normalized spacial score (nSPS) is 26.7. The Kier molecular flexibility index (Phi) is 9.62. The molecule has 244 valence electrons. The number of aliphatic hydroxyl groups is 4. The molecule has 3 saturated heterocycles. The first-order valence-electron chi connectivity index (χ1n) is 15.8. The molecule has 3 aliphatic heterocycles. The molecule has 0 aliphatic carbocycles. The monoisotopic (exact) mass is 626 g/mol. The Morgan fingerprint density at radius 3 is 1.98 bits per heavy atom. The summed E-state index contributed by atoms with van der Waals surface area (Å²) in [6.45, 7) is 3.61. The summed E-state index contributed by atoms with van der Waals surface area (Å²) < 4.78 is 17.2. The van der Waals surface area contributed by atoms with Gasteiger partial charge in [0, 0.05) is 13.1 Å². The van der Waals surface area contributed by atoms with Crippen molar-refractivity contribution in [3.05, 3.63) is 51.9 Å². The summed E-state index contributed by atoms with van der Waals surface area (Å²) in [5, 5.41) is 62.8. The van der Waals surface area contributed by atoms with Crippen LogP contribution in [0, 0.1) is 0 Å². The van der Waals surface area contributed by atoms with Crippen LogP contribution in [0.2, 0.25) is 0 Å². The van der Waals surface area contributed by atoms with Crippen LogP contribution in [0.5, 0.6) is 17.2 Å². The average Bonchev–Trinajstić information content (AvgIpc) is 3.06. The molecule has 0 saturated carbocycles. The van der Waals surface area contributed by atoms with Crippen molar-refractivity contribution < 1.29 is 44.5 Å². The van der Waals surface area contributed by atoms with E-state index in [9.17, 15) is 35.4 Å². The maximum absolute atomic E-state index is 14.0. The number of rotatable bonds is 8. The van der Waals surface area contributed by atoms with Crippen LogP contribution < -0.4 is 10.2 Å². The maximum Gasteiger partial charge on any atom is 0.229 e. The first-order chi connectivity index (χ1) is 21.8. The van der Waals surface area contributed by atoms with Crippen molar-refractivity contribution in [1.29, 1.82) is 0 Å². The van der Waals surface area contributed by atoms with Crippen molar-refractivity contribution in [3.8, 4) is 28.4 Å². The Balaban J connectivity index is 1.33. The highest BCUT2D eigenvalue weighted by Gasteiger charge is 2.44. The molecule has 5 atom stereocenters. The Bertz CT molecular complexity index is 1530. The number of likely N-dealkylation sites (tertiary alicyclic amines) is 2. The first kappa shape index (κ1) is 31.7. The van der Waals surface area contributed by atoms with Gasteiger partial charge in [-0.25, -0.2) is 0 Å². The van der Waals surface area contributed by atoms with Crippen LogP contribution in [0.4, 0.5) is 0 Å². The zero-order valence-electron chi connectivity index (χ0n) is 25.2. The van der Waals surface area contributed by atoms with Gasteiger partial charge in [0.05, 0.1) is 23.3 Å². The highest BCUT2D eigenvalue weighted by Crippen LogP contribution is 2.41. The number of nitrogens with zero attached hydrogens (tertiary/aromatic N) is 2. The number of benzene rings is 2. The van der Waals surface area contributed by atoms with Crippen molar-refractivity contribution in [1.82, 2.24) is 9.80 Å². The van der Waals surface area contributed by atoms with Gasteiger partial charge in [0.15, 0.2) is 0 Å². The standard InChI is InChI=1S/C33H42N2O10/c36-17-24-29(40)30(41)31(42)33(45-24)44-20-9-7-19(8-10-20)23-18-43-32-22(16-35-13-5-2-6-14-35)26(37)21(27(38)25(32)28(23)39)15-34-11-3-1-4-12-34/h7-10,18,24,29-31,33,36-38,40-42H,1-6,11-17H2/t24-,29-,30+,31-,33-/m0/s1. The fourth-order valence-corrected chi connectivity index (χ4v) is 6.65. The average molecular weight is 627 g/mol. The second-order valence-corrected chi connectivity index (χ2v) is 12.4. The van der Waals surface area contributed by atoms with Gasteiger partial charge in [-0.1, -0.05) is 25.0 Å². The zero-order chi connectivity index (χ0) is 31.7. The highest BCUT2D eigenvalue weighted by atomic mass is 16.7. The van der Waals surface area contributed by atoms with Crippen LogP contribution in [0.3, 0.4) is 0 Å². The van der Waals surface area contributed by atoms with Crippen LogP contribution in [-0.4, -0.2) is 104 Å². The van der Waals surface area contributed by atoms with Crippen molar-refractivity contribution in [2.75, 3.05) is 32.8 Å². The number of piperidine rings is 2. The van der Waals surface area contributed by atoms with Gasteiger partial charge in [-0.15, -0.1) is 0 Å². The molecule has 3 fully saturated rings. The molecule has 3 aromatic rings. The molecule has 1 aromatic heterocycles. The fourth-order valence-electron chi connectivity index (χ4n) is 6.65. The molecule has 0 unspecified atom stereocenters. The lowest BCUT2D eigenvalue weighted by Crippen LogP contribution is -2.60. The van der Waals surface area contributed by atoms with E-state index in [-0.39, 0.29) is 33.8 Å². The summed E-state index contributed by atoms with van der Waals surface area (Å²) in [5.74, 6) is -0.0518. The number of phenolic OH excluding ortho intramolecular Hbond substituents is 2. The minimum absolute atomic E-state index is 0.0262. The number of hydrogen-bond donors (Lipinski definition) is 6. The lowest BCUT2D eigenvalue weighted by Gasteiger charge is -2.39. The third-order valence-corrected chi connectivity index (χ3v) is 9.29. The largest absolute Gasteiger partial charge is 0.507 e. The van der Waals surface area contributed by atoms with E-state index >= 15 is 0 Å². The number of aliphatic hydroxyl groups excluding tert-OH is 4. The minimum Gasteiger partial charge on any atom is -0.507 e. The van der Waals surface area contributed by atoms with Gasteiger partial charge in [-0.2, -0.15) is 0 Å². The molecule has 3 aliphatic rings. The third-order valence-electron chi connectivity index (χ3n) is 9.29. The van der Waals surface area contributed by atoms with Gasteiger partial charge in [0.25, 0.3) is 0 Å². The molecule has 6 rings (SSSR count). The summed E-state index contributed by atoms with van der Waals surface area (Å²) in [6.07, 6.45) is 0.732. The molecule has 4 heterocycles. The van der Waals surface area contributed by atoms with Crippen LogP contribution in [0.25, 0.3) is 22.1 Å². The molecule has 0 spiro atoms. The van der Waals surface area contributed by atoms with Gasteiger partial charge in [-0.05, 0) is 69.6 Å². The maximum atomic E-state index is 14.0. The lowest BCUT2D eigenvalue weighted by atomic mass is 9.97. The SMILES string of the molecule is O=c1c(-c2ccc(O[C@H]3O[C@@H](CO)[C@H](O)[C@@H](O)[C@@H]3O)cc2)coc2c(CN3CCCCC3)c(O)c(CN3CCCCC3)c(O)c12. The lowest BCUT2D eigenvalue weighted by molar-refractivity contribution is -0.277. The van der Waals surface area contributed by atoms with E-state index in [0.717, 1.165) is 64.7 Å². The molecule has 0 radical (unpaired) electrons. The summed E-state index contributed by atoms with van der Waals surface area (Å²) >= 11 is 0. The number of hydrogen-bond acceptors (Lipinski definition) is 12. The van der Waals surface area contributed by atoms with E-state index in [2.05, 4.69) is 9.80 Å². The Labute approximate surface area is 260 Å². The highest BCUT2D eigenvalue weighted by molar-refractivity contribution is 5.92. The van der Waals surface area contributed by atoms with Crippen molar-refractivity contribution in [3.63, 3.8) is 0 Å². The molecule has 12 heteroatoms. The fraction of sp³-hybridized carbons (Fsp3) is 0.545. The quantitative estimate of drug-likeness (QED) is 0.215. The topological polar surface area (TPSA) is 177 Å². The molecule has 6 N–H and O–H groups in total. The third kappa shape index (κ3) is 6.41. The van der Waals surface area contributed by atoms with Gasteiger partial charge in [0.2, 0.25) is 11.7 Å². The van der Waals surface area contributed by atoms with Crippen molar-refractivity contribution in [2.24, 2.45) is 0 Å². The second kappa shape index (κ2) is 13.6. The summed E-state index contributed by atoms with van der Waals surface area (Å²) in [7, 11) is 0. The van der Waals surface area contributed by atoms with Gasteiger partial charge in [-0.3, -0.25) is 14.6 Å². The summed E-state index contributed by atoms with van der Waals surface area (Å²) in [6, 6.07) is 6.30. The molecular weight excluding hydrogens is 584 g/mol. The first-order valence-corrected chi connectivity index (χ1v) is 15.8. The van der Waals surface area contributed by atoms with E-state index in [4.69, 9.17) is 13.9 Å². The van der Waals surface area contributed by atoms with Gasteiger partial charge < -0.3 is 44.5 Å². The van der Waals surface area contributed by atoms with Crippen LogP contribution in [0.15, 0.2) is 39.7 Å². The number of ether oxygens (including phenoxy) is 2. The second-order valence-electron chi connectivity index (χ2n) is 12.4. The molecule has 2 aromatic carbocycles. The van der Waals surface area contributed by atoms with Crippen LogP contribution >= 0.6 is 0 Å². The minimum atomic E-state index is -1.57. The Morgan fingerprint density at radius 2 is 1.38 bits per heavy atom. The van der Waals surface area contributed by atoms with E-state index in [1.807, 2.05) is 0 Å². The smallest absolute Gasteiger partial charge is 0.229 e. The van der Waals surface area contributed by atoms with Crippen LogP contribution in [0.1, 0.15) is 49.7 Å². The number of aromatic hydroxyl groups is 2. The van der Waals surface area contributed by atoms with Crippen molar-refractivity contribution >= 4 is 11.0 Å². The Hall–Kier alpha value is -3.23. The molecule has 0 amide bonds. The predicted molar refractivity (Wildman–Crippen MR) is 164 cm³/mol. The number of phenols is 2. The van der Waals surface area contributed by atoms with Crippen molar-refractivity contribution in [2.45, 2.75) is 82.3 Å². The molecule has 45 heavy (non-hydrogen) atoms. The predicted octanol–water partition coefficient (Wildman–Crippen LogP) is 2.02. The molecule has 12 nitrogen and oxygen atoms in total. The van der Waals surface area contributed by atoms with Crippen LogP contribution in [-0.2, 0) is 17.8 Å².